The van der Waals surface area contributed by atoms with E-state index in [9.17, 15) is 9.59 Å². The Kier molecular flexibility index (Phi) is 7.99. The second kappa shape index (κ2) is 11.0. The van der Waals surface area contributed by atoms with Crippen LogP contribution in [0.2, 0.25) is 10.0 Å². The highest BCUT2D eigenvalue weighted by molar-refractivity contribution is 6.31. The zero-order chi connectivity index (χ0) is 27.9. The van der Waals surface area contributed by atoms with Gasteiger partial charge < -0.3 is 20.9 Å². The number of benzene rings is 2. The van der Waals surface area contributed by atoms with Crippen LogP contribution in [0.25, 0.3) is 0 Å². The number of likely N-dealkylation sites (tertiary alicyclic amines) is 1. The molecule has 0 aromatic heterocycles. The van der Waals surface area contributed by atoms with E-state index in [0.29, 0.717) is 29.2 Å². The average Bonchev–Trinajstić information content (AvgIpc) is 3.56. The maximum Gasteiger partial charge on any atom is 0.237 e. The van der Waals surface area contributed by atoms with Gasteiger partial charge in [0.25, 0.3) is 0 Å². The van der Waals surface area contributed by atoms with Crippen molar-refractivity contribution in [2.24, 2.45) is 5.41 Å². The molecule has 2 saturated heterocycles. The predicted molar refractivity (Wildman–Crippen MR) is 154 cm³/mol. The normalized spacial score (nSPS) is 26.7. The Bertz CT molecular complexity index is 1260. The van der Waals surface area contributed by atoms with Gasteiger partial charge in [0.1, 0.15) is 11.2 Å². The van der Waals surface area contributed by atoms with Crippen molar-refractivity contribution in [3.8, 4) is 0 Å². The van der Waals surface area contributed by atoms with Crippen LogP contribution in [0.15, 0.2) is 36.4 Å². The van der Waals surface area contributed by atoms with Crippen LogP contribution >= 0.6 is 23.2 Å². The summed E-state index contributed by atoms with van der Waals surface area (Å²) in [5.74, 6) is -1.95. The molecule has 3 heterocycles. The Morgan fingerprint density at radius 1 is 1.18 bits per heavy atom. The van der Waals surface area contributed by atoms with Crippen molar-refractivity contribution in [3.05, 3.63) is 63.4 Å². The number of fused-ring (bicyclic) bond motifs is 2. The molecule has 0 unspecified atom stereocenters. The molecule has 2 aromatic carbocycles. The minimum atomic E-state index is -1.24. The SMILES string of the molecule is CC(C)(C)C[C@H]1N[C@@H](C(=O)NCCCN2CCCC2)[C@H](c2cccc(Cl)c2F)[C@@]12C(=O)Nc1cc(Cl)ccc12. The number of rotatable bonds is 7. The molecule has 5 rings (SSSR count). The molecule has 0 radical (unpaired) electrons. The molecule has 3 aliphatic rings. The van der Waals surface area contributed by atoms with E-state index in [1.54, 1.807) is 24.3 Å². The van der Waals surface area contributed by atoms with Gasteiger partial charge in [-0.2, -0.15) is 0 Å². The zero-order valence-corrected chi connectivity index (χ0v) is 24.3. The van der Waals surface area contributed by atoms with E-state index >= 15 is 4.39 Å². The highest BCUT2D eigenvalue weighted by Gasteiger charge is 2.66. The maximum atomic E-state index is 15.8. The van der Waals surface area contributed by atoms with Crippen molar-refractivity contribution in [1.82, 2.24) is 15.5 Å². The standard InChI is InChI=1S/C30H37Cl2FN4O2/c1-29(2,3)17-23-30(20-11-10-18(31)16-22(20)35-28(30)39)24(19-8-6-9-21(32)25(19)33)26(36-23)27(38)34-12-7-15-37-13-4-5-14-37/h6,8-11,16,23-24,26,36H,4-5,7,12-15,17H2,1-3H3,(H,34,38)(H,35,39)/t23-,24+,26-,30+/m1/s1. The topological polar surface area (TPSA) is 73.5 Å². The second-order valence-electron chi connectivity index (χ2n) is 12.3. The van der Waals surface area contributed by atoms with Crippen LogP contribution in [0.4, 0.5) is 10.1 Å². The van der Waals surface area contributed by atoms with Crippen LogP contribution in [0.5, 0.6) is 0 Å². The number of amides is 2. The van der Waals surface area contributed by atoms with Gasteiger partial charge in [0.15, 0.2) is 0 Å². The van der Waals surface area contributed by atoms with Crippen molar-refractivity contribution in [3.63, 3.8) is 0 Å². The highest BCUT2D eigenvalue weighted by Crippen LogP contribution is 2.57. The Hall–Kier alpha value is -2.19. The van der Waals surface area contributed by atoms with Crippen molar-refractivity contribution >= 4 is 40.7 Å². The number of hydrogen-bond donors (Lipinski definition) is 3. The van der Waals surface area contributed by atoms with Crippen LogP contribution in [0.3, 0.4) is 0 Å². The molecule has 1 spiro atoms. The van der Waals surface area contributed by atoms with Crippen molar-refractivity contribution < 1.29 is 14.0 Å². The molecule has 4 atom stereocenters. The first-order valence-electron chi connectivity index (χ1n) is 13.8. The van der Waals surface area contributed by atoms with Gasteiger partial charge in [0, 0.05) is 29.2 Å². The van der Waals surface area contributed by atoms with Gasteiger partial charge in [0.2, 0.25) is 11.8 Å². The Labute approximate surface area is 240 Å². The molecule has 0 aliphatic carbocycles. The van der Waals surface area contributed by atoms with Gasteiger partial charge in [-0.05, 0) is 80.1 Å². The molecule has 0 bridgehead atoms. The summed E-state index contributed by atoms with van der Waals surface area (Å²) < 4.78 is 15.8. The van der Waals surface area contributed by atoms with E-state index in [0.717, 1.165) is 26.1 Å². The summed E-state index contributed by atoms with van der Waals surface area (Å²) in [4.78, 5) is 30.4. The maximum absolute atomic E-state index is 15.8. The molecule has 2 amide bonds. The largest absolute Gasteiger partial charge is 0.355 e. The van der Waals surface area contributed by atoms with Crippen molar-refractivity contribution in [2.75, 3.05) is 31.5 Å². The molecular formula is C30H37Cl2FN4O2. The molecule has 6 nitrogen and oxygen atoms in total. The lowest BCUT2D eigenvalue weighted by molar-refractivity contribution is -0.123. The summed E-state index contributed by atoms with van der Waals surface area (Å²) in [5, 5.41) is 10.1. The van der Waals surface area contributed by atoms with Gasteiger partial charge in [-0.25, -0.2) is 4.39 Å². The molecule has 39 heavy (non-hydrogen) atoms. The smallest absolute Gasteiger partial charge is 0.237 e. The van der Waals surface area contributed by atoms with Crippen LogP contribution < -0.4 is 16.0 Å². The summed E-state index contributed by atoms with van der Waals surface area (Å²) in [6, 6.07) is 8.81. The average molecular weight is 576 g/mol. The third kappa shape index (κ3) is 5.31. The molecule has 2 aromatic rings. The summed E-state index contributed by atoms with van der Waals surface area (Å²) in [6.07, 6.45) is 3.85. The summed E-state index contributed by atoms with van der Waals surface area (Å²) in [6.45, 7) is 9.93. The van der Waals surface area contributed by atoms with Crippen LogP contribution in [-0.2, 0) is 15.0 Å². The first kappa shape index (κ1) is 28.3. The molecule has 0 saturated carbocycles. The van der Waals surface area contributed by atoms with Crippen molar-refractivity contribution in [1.29, 1.82) is 0 Å². The quantitative estimate of drug-likeness (QED) is 0.382. The number of anilines is 1. The lowest BCUT2D eigenvalue weighted by Gasteiger charge is -2.37. The van der Waals surface area contributed by atoms with Gasteiger partial charge in [-0.15, -0.1) is 0 Å². The molecule has 210 valence electrons. The summed E-state index contributed by atoms with van der Waals surface area (Å²) >= 11 is 12.6. The van der Waals surface area contributed by atoms with E-state index in [1.165, 1.54) is 18.9 Å². The summed E-state index contributed by atoms with van der Waals surface area (Å²) in [5.41, 5.74) is 0.135. The Morgan fingerprint density at radius 3 is 2.64 bits per heavy atom. The Morgan fingerprint density at radius 2 is 1.92 bits per heavy atom. The zero-order valence-electron chi connectivity index (χ0n) is 22.8. The minimum Gasteiger partial charge on any atom is -0.355 e. The number of carbonyl (C=O) groups excluding carboxylic acids is 2. The molecule has 3 N–H and O–H groups in total. The number of halogens is 3. The van der Waals surface area contributed by atoms with Crippen LogP contribution in [0, 0.1) is 11.2 Å². The van der Waals surface area contributed by atoms with Crippen LogP contribution in [-0.4, -0.2) is 55.0 Å². The third-order valence-electron chi connectivity index (χ3n) is 8.37. The lowest BCUT2D eigenvalue weighted by atomic mass is 9.62. The fraction of sp³-hybridized carbons (Fsp3) is 0.533. The molecule has 2 fully saturated rings. The van der Waals surface area contributed by atoms with E-state index in [1.807, 2.05) is 6.07 Å². The monoisotopic (exact) mass is 574 g/mol. The van der Waals surface area contributed by atoms with E-state index in [2.05, 4.69) is 41.6 Å². The number of hydrogen-bond acceptors (Lipinski definition) is 4. The van der Waals surface area contributed by atoms with Gasteiger partial charge >= 0.3 is 0 Å². The van der Waals surface area contributed by atoms with E-state index in [4.69, 9.17) is 23.2 Å². The Balaban J connectivity index is 1.57. The van der Waals surface area contributed by atoms with Gasteiger partial charge in [0.05, 0.1) is 11.1 Å². The number of nitrogens with zero attached hydrogens (tertiary/aromatic N) is 1. The van der Waals surface area contributed by atoms with Crippen LogP contribution in [0.1, 0.15) is 63.5 Å². The fourth-order valence-corrected chi connectivity index (χ4v) is 7.14. The molecular weight excluding hydrogens is 538 g/mol. The third-order valence-corrected chi connectivity index (χ3v) is 8.90. The second-order valence-corrected chi connectivity index (χ2v) is 13.1. The predicted octanol–water partition coefficient (Wildman–Crippen LogP) is 5.48. The number of carbonyl (C=O) groups is 2. The fourth-order valence-electron chi connectivity index (χ4n) is 6.78. The number of nitrogens with one attached hydrogen (secondary N) is 3. The minimum absolute atomic E-state index is 0.0403. The van der Waals surface area contributed by atoms with Gasteiger partial charge in [-0.1, -0.05) is 62.2 Å². The van der Waals surface area contributed by atoms with Crippen molar-refractivity contribution in [2.45, 2.75) is 69.9 Å². The van der Waals surface area contributed by atoms with E-state index < -0.39 is 29.2 Å². The lowest BCUT2D eigenvalue weighted by Crippen LogP contribution is -2.49. The highest BCUT2D eigenvalue weighted by atomic mass is 35.5. The van der Waals surface area contributed by atoms with Gasteiger partial charge in [-0.3, -0.25) is 9.59 Å². The molecule has 3 aliphatic heterocycles. The summed E-state index contributed by atoms with van der Waals surface area (Å²) in [7, 11) is 0. The first-order valence-corrected chi connectivity index (χ1v) is 14.6. The molecule has 9 heteroatoms. The van der Waals surface area contributed by atoms with E-state index in [-0.39, 0.29) is 27.8 Å². The first-order chi connectivity index (χ1) is 18.5.